The van der Waals surface area contributed by atoms with Crippen molar-refractivity contribution in [1.29, 1.82) is 0 Å². The normalized spacial score (nSPS) is 13.7. The van der Waals surface area contributed by atoms with Crippen LogP contribution in [0, 0.1) is 0 Å². The minimum absolute atomic E-state index is 0.114. The van der Waals surface area contributed by atoms with Crippen LogP contribution in [0.1, 0.15) is 35.6 Å². The van der Waals surface area contributed by atoms with Gasteiger partial charge in [-0.2, -0.15) is 0 Å². The van der Waals surface area contributed by atoms with E-state index in [4.69, 9.17) is 0 Å². The predicted molar refractivity (Wildman–Crippen MR) is 84.7 cm³/mol. The minimum Gasteiger partial charge on any atom is -0.338 e. The molecule has 2 N–H and O–H groups in total. The highest BCUT2D eigenvalue weighted by molar-refractivity contribution is 7.10. The fourth-order valence-electron chi connectivity index (χ4n) is 1.79. The molecule has 2 aromatic heterocycles. The number of carbonyl (C=O) groups is 1. The molecular formula is C14H19N3OS2. The van der Waals surface area contributed by atoms with Gasteiger partial charge in [0.2, 0.25) is 0 Å². The van der Waals surface area contributed by atoms with E-state index >= 15 is 0 Å². The van der Waals surface area contributed by atoms with Gasteiger partial charge in [0.05, 0.1) is 5.01 Å². The molecule has 2 atom stereocenters. The summed E-state index contributed by atoms with van der Waals surface area (Å²) in [7, 11) is 0. The van der Waals surface area contributed by atoms with Crippen molar-refractivity contribution in [3.63, 3.8) is 0 Å². The molecule has 0 saturated heterocycles. The Hall–Kier alpha value is -1.40. The highest BCUT2D eigenvalue weighted by Crippen LogP contribution is 2.19. The SMILES string of the molecule is C[C@H](CNC(=O)NC[C@H](C)c1nccs1)c1cccs1. The summed E-state index contributed by atoms with van der Waals surface area (Å²) < 4.78 is 0. The Morgan fingerprint density at radius 2 is 1.95 bits per heavy atom. The lowest BCUT2D eigenvalue weighted by Crippen LogP contribution is -2.38. The third-order valence-electron chi connectivity index (χ3n) is 3.04. The first-order chi connectivity index (χ1) is 9.66. The lowest BCUT2D eigenvalue weighted by atomic mass is 10.1. The standard InChI is InChI=1S/C14H19N3OS2/c1-10(12-4-3-6-19-12)8-16-14(18)17-9-11(2)13-15-5-7-20-13/h3-7,10-11H,8-9H2,1-2H3,(H2,16,17,18)/t10-,11+/m1/s1. The van der Waals surface area contributed by atoms with Crippen LogP contribution >= 0.6 is 22.7 Å². The van der Waals surface area contributed by atoms with Gasteiger partial charge in [-0.3, -0.25) is 0 Å². The molecule has 0 radical (unpaired) electrons. The number of thiazole rings is 1. The first-order valence-electron chi connectivity index (χ1n) is 6.61. The fraction of sp³-hybridized carbons (Fsp3) is 0.429. The van der Waals surface area contributed by atoms with Gasteiger partial charge in [0.25, 0.3) is 0 Å². The Morgan fingerprint density at radius 1 is 1.20 bits per heavy atom. The van der Waals surface area contributed by atoms with Gasteiger partial charge in [-0.05, 0) is 11.4 Å². The zero-order valence-electron chi connectivity index (χ0n) is 11.6. The topological polar surface area (TPSA) is 54.0 Å². The molecule has 108 valence electrons. The van der Waals surface area contributed by atoms with Gasteiger partial charge in [-0.1, -0.05) is 19.9 Å². The number of hydrogen-bond donors (Lipinski definition) is 2. The summed E-state index contributed by atoms with van der Waals surface area (Å²) in [5.74, 6) is 0.590. The second-order valence-corrected chi connectivity index (χ2v) is 6.68. The molecule has 6 heteroatoms. The van der Waals surface area contributed by atoms with Crippen molar-refractivity contribution in [3.8, 4) is 0 Å². The van der Waals surface area contributed by atoms with Crippen LogP contribution in [0.5, 0.6) is 0 Å². The molecule has 2 heterocycles. The second-order valence-electron chi connectivity index (χ2n) is 4.78. The lowest BCUT2D eigenvalue weighted by molar-refractivity contribution is 0.240. The number of amides is 2. The van der Waals surface area contributed by atoms with Crippen molar-refractivity contribution in [1.82, 2.24) is 15.6 Å². The van der Waals surface area contributed by atoms with Crippen LogP contribution in [-0.4, -0.2) is 24.1 Å². The predicted octanol–water partition coefficient (Wildman–Crippen LogP) is 3.41. The van der Waals surface area contributed by atoms with Gasteiger partial charge >= 0.3 is 6.03 Å². The van der Waals surface area contributed by atoms with Crippen LogP contribution in [0.4, 0.5) is 4.79 Å². The third-order valence-corrected chi connectivity index (χ3v) is 5.15. The van der Waals surface area contributed by atoms with E-state index in [0.717, 1.165) is 5.01 Å². The summed E-state index contributed by atoms with van der Waals surface area (Å²) in [6, 6.07) is 4.02. The van der Waals surface area contributed by atoms with Crippen molar-refractivity contribution in [2.45, 2.75) is 25.7 Å². The van der Waals surface area contributed by atoms with Crippen LogP contribution in [0.25, 0.3) is 0 Å². The summed E-state index contributed by atoms with van der Waals surface area (Å²) >= 11 is 3.34. The number of nitrogens with zero attached hydrogens (tertiary/aromatic N) is 1. The number of urea groups is 1. The molecule has 4 nitrogen and oxygen atoms in total. The molecule has 0 aliphatic rings. The average Bonchev–Trinajstić information content (AvgIpc) is 3.14. The quantitative estimate of drug-likeness (QED) is 0.859. The monoisotopic (exact) mass is 309 g/mol. The Balaban J connectivity index is 1.68. The summed E-state index contributed by atoms with van der Waals surface area (Å²) in [4.78, 5) is 17.3. The van der Waals surface area contributed by atoms with Gasteiger partial charge in [-0.25, -0.2) is 9.78 Å². The molecule has 2 rings (SSSR count). The van der Waals surface area contributed by atoms with E-state index in [-0.39, 0.29) is 11.9 Å². The third kappa shape index (κ3) is 4.31. The van der Waals surface area contributed by atoms with Crippen LogP contribution < -0.4 is 10.6 Å². The number of nitrogens with one attached hydrogen (secondary N) is 2. The molecule has 2 amide bonds. The maximum absolute atomic E-state index is 11.8. The van der Waals surface area contributed by atoms with Crippen LogP contribution in [0.15, 0.2) is 29.1 Å². The van der Waals surface area contributed by atoms with Crippen molar-refractivity contribution < 1.29 is 4.79 Å². The molecule has 0 spiro atoms. The molecule has 0 aliphatic heterocycles. The highest BCUT2D eigenvalue weighted by Gasteiger charge is 2.11. The summed E-state index contributed by atoms with van der Waals surface area (Å²) in [6.07, 6.45) is 1.79. The van der Waals surface area contributed by atoms with Gasteiger partial charge in [0.1, 0.15) is 0 Å². The van der Waals surface area contributed by atoms with E-state index in [9.17, 15) is 4.79 Å². The molecule has 0 unspecified atom stereocenters. The van der Waals surface area contributed by atoms with Crippen molar-refractivity contribution in [2.24, 2.45) is 0 Å². The molecule has 0 bridgehead atoms. The zero-order valence-corrected chi connectivity index (χ0v) is 13.3. The number of hydrogen-bond acceptors (Lipinski definition) is 4. The molecule has 2 aromatic rings. The van der Waals surface area contributed by atoms with Gasteiger partial charge in [0.15, 0.2) is 0 Å². The zero-order chi connectivity index (χ0) is 14.4. The van der Waals surface area contributed by atoms with Crippen molar-refractivity contribution >= 4 is 28.7 Å². The largest absolute Gasteiger partial charge is 0.338 e. The summed E-state index contributed by atoms with van der Waals surface area (Å²) in [6.45, 7) is 5.43. The molecule has 0 aromatic carbocycles. The van der Waals surface area contributed by atoms with E-state index in [1.807, 2.05) is 11.4 Å². The van der Waals surface area contributed by atoms with Gasteiger partial charge in [-0.15, -0.1) is 22.7 Å². The van der Waals surface area contributed by atoms with Gasteiger partial charge < -0.3 is 10.6 Å². The number of rotatable bonds is 6. The van der Waals surface area contributed by atoms with E-state index in [1.54, 1.807) is 28.9 Å². The van der Waals surface area contributed by atoms with Crippen LogP contribution in [0.3, 0.4) is 0 Å². The lowest BCUT2D eigenvalue weighted by Gasteiger charge is -2.13. The van der Waals surface area contributed by atoms with Gasteiger partial charge in [0, 0.05) is 41.4 Å². The molecule has 0 fully saturated rings. The van der Waals surface area contributed by atoms with E-state index < -0.39 is 0 Å². The molecule has 0 aliphatic carbocycles. The maximum atomic E-state index is 11.8. The molecular weight excluding hydrogens is 290 g/mol. The van der Waals surface area contributed by atoms with Crippen molar-refractivity contribution in [2.75, 3.05) is 13.1 Å². The smallest absolute Gasteiger partial charge is 0.314 e. The minimum atomic E-state index is -0.114. The fourth-order valence-corrected chi connectivity index (χ4v) is 3.28. The number of thiophene rings is 1. The summed E-state index contributed by atoms with van der Waals surface area (Å²) in [5, 5.41) is 10.9. The van der Waals surface area contributed by atoms with E-state index in [0.29, 0.717) is 19.0 Å². The Morgan fingerprint density at radius 3 is 2.55 bits per heavy atom. The molecule has 20 heavy (non-hydrogen) atoms. The van der Waals surface area contributed by atoms with E-state index in [1.165, 1.54) is 4.88 Å². The Kier molecular flexibility index (Phi) is 5.55. The highest BCUT2D eigenvalue weighted by atomic mass is 32.1. The van der Waals surface area contributed by atoms with Crippen LogP contribution in [0.2, 0.25) is 0 Å². The van der Waals surface area contributed by atoms with E-state index in [2.05, 4.69) is 40.9 Å². The molecule has 0 saturated carbocycles. The van der Waals surface area contributed by atoms with Crippen LogP contribution in [-0.2, 0) is 0 Å². The number of aromatic nitrogens is 1. The second kappa shape index (κ2) is 7.40. The summed E-state index contributed by atoms with van der Waals surface area (Å²) in [5.41, 5.74) is 0. The average molecular weight is 309 g/mol. The Bertz CT molecular complexity index is 464. The first kappa shape index (κ1) is 15.0. The number of carbonyl (C=O) groups excluding carboxylic acids is 1. The Labute approximate surface area is 127 Å². The maximum Gasteiger partial charge on any atom is 0.314 e. The first-order valence-corrected chi connectivity index (χ1v) is 8.37. The van der Waals surface area contributed by atoms with Crippen molar-refractivity contribution in [3.05, 3.63) is 39.0 Å².